The molecule has 0 radical (unpaired) electrons. The van der Waals surface area contributed by atoms with E-state index in [4.69, 9.17) is 16.3 Å². The standard InChI is InChI=1S/C24H24ClNO6S/c1-32-23-10-9-20(14-21(23)24(28)29)33(30,31)19-7-5-16(6-8-19)11-12-26-15-22(27)17-3-2-4-18(25)13-17/h2-10,13-14,22,26-27H,11-12,15H2,1H3,(H,28,29)/t22-/m0/s1. The Morgan fingerprint density at radius 1 is 1.06 bits per heavy atom. The van der Waals surface area contributed by atoms with Crippen LogP contribution in [0, 0.1) is 0 Å². The highest BCUT2D eigenvalue weighted by molar-refractivity contribution is 7.91. The predicted octanol–water partition coefficient (Wildman–Crippen LogP) is 3.75. The first kappa shape index (κ1) is 24.7. The normalized spacial score (nSPS) is 12.3. The summed E-state index contributed by atoms with van der Waals surface area (Å²) in [6.45, 7) is 0.945. The third-order valence-corrected chi connectivity index (χ3v) is 7.11. The van der Waals surface area contributed by atoms with Crippen LogP contribution in [-0.2, 0) is 16.3 Å². The van der Waals surface area contributed by atoms with Gasteiger partial charge in [-0.2, -0.15) is 0 Å². The molecule has 0 spiro atoms. The van der Waals surface area contributed by atoms with Crippen LogP contribution < -0.4 is 10.1 Å². The Morgan fingerprint density at radius 2 is 1.76 bits per heavy atom. The number of carboxylic acids is 1. The molecule has 0 aromatic heterocycles. The molecule has 1 atom stereocenters. The first-order valence-corrected chi connectivity index (χ1v) is 12.0. The molecule has 7 nitrogen and oxygen atoms in total. The van der Waals surface area contributed by atoms with E-state index in [1.54, 1.807) is 36.4 Å². The SMILES string of the molecule is COc1ccc(S(=O)(=O)c2ccc(CCNC[C@H](O)c3cccc(Cl)c3)cc2)cc1C(=O)O. The highest BCUT2D eigenvalue weighted by atomic mass is 35.5. The number of aliphatic hydroxyl groups is 1. The molecule has 0 saturated heterocycles. The van der Waals surface area contributed by atoms with Crippen molar-refractivity contribution in [3.8, 4) is 5.75 Å². The number of aliphatic hydroxyl groups excluding tert-OH is 1. The molecule has 9 heteroatoms. The molecule has 0 unspecified atom stereocenters. The third-order valence-electron chi connectivity index (χ3n) is 5.11. The first-order valence-electron chi connectivity index (χ1n) is 10.1. The molecule has 0 aliphatic carbocycles. The van der Waals surface area contributed by atoms with Crippen molar-refractivity contribution in [2.24, 2.45) is 0 Å². The van der Waals surface area contributed by atoms with Crippen molar-refractivity contribution in [1.29, 1.82) is 0 Å². The number of carboxylic acid groups (broad SMARTS) is 1. The summed E-state index contributed by atoms with van der Waals surface area (Å²) in [5.74, 6) is -1.18. The Kier molecular flexibility index (Phi) is 8.10. The van der Waals surface area contributed by atoms with Crippen LogP contribution in [0.1, 0.15) is 27.6 Å². The van der Waals surface area contributed by atoms with Crippen LogP contribution in [0.3, 0.4) is 0 Å². The van der Waals surface area contributed by atoms with Crippen LogP contribution in [0.2, 0.25) is 5.02 Å². The lowest BCUT2D eigenvalue weighted by atomic mass is 10.1. The fraction of sp³-hybridized carbons (Fsp3) is 0.208. The predicted molar refractivity (Wildman–Crippen MR) is 125 cm³/mol. The van der Waals surface area contributed by atoms with Gasteiger partial charge in [0.2, 0.25) is 9.84 Å². The Labute approximate surface area is 197 Å². The molecule has 0 aliphatic rings. The largest absolute Gasteiger partial charge is 0.496 e. The van der Waals surface area contributed by atoms with Crippen molar-refractivity contribution in [3.05, 3.63) is 88.4 Å². The van der Waals surface area contributed by atoms with Crippen molar-refractivity contribution in [1.82, 2.24) is 5.32 Å². The van der Waals surface area contributed by atoms with Crippen molar-refractivity contribution in [2.75, 3.05) is 20.2 Å². The number of rotatable bonds is 10. The van der Waals surface area contributed by atoms with E-state index in [2.05, 4.69) is 5.32 Å². The number of ether oxygens (including phenoxy) is 1. The summed E-state index contributed by atoms with van der Waals surface area (Å²) >= 11 is 5.94. The van der Waals surface area contributed by atoms with Gasteiger partial charge in [-0.3, -0.25) is 0 Å². The van der Waals surface area contributed by atoms with Gasteiger partial charge in [-0.15, -0.1) is 0 Å². The van der Waals surface area contributed by atoms with Crippen molar-refractivity contribution < 1.29 is 28.2 Å². The summed E-state index contributed by atoms with van der Waals surface area (Å²) in [5, 5.41) is 23.3. The second-order valence-electron chi connectivity index (χ2n) is 7.34. The maximum atomic E-state index is 12.9. The van der Waals surface area contributed by atoms with Crippen molar-refractivity contribution in [2.45, 2.75) is 22.3 Å². The van der Waals surface area contributed by atoms with Gasteiger partial charge >= 0.3 is 5.97 Å². The number of benzene rings is 3. The van der Waals surface area contributed by atoms with E-state index in [1.165, 1.54) is 31.4 Å². The van der Waals surface area contributed by atoms with Crippen LogP contribution in [0.25, 0.3) is 0 Å². The lowest BCUT2D eigenvalue weighted by molar-refractivity contribution is 0.0693. The van der Waals surface area contributed by atoms with Gasteiger partial charge in [-0.1, -0.05) is 35.9 Å². The highest BCUT2D eigenvalue weighted by Gasteiger charge is 2.21. The van der Waals surface area contributed by atoms with Crippen LogP contribution >= 0.6 is 11.6 Å². The average molecular weight is 490 g/mol. The van der Waals surface area contributed by atoms with E-state index in [-0.39, 0.29) is 21.1 Å². The molecular weight excluding hydrogens is 466 g/mol. The number of nitrogens with one attached hydrogen (secondary N) is 1. The Balaban J connectivity index is 1.61. The molecule has 0 saturated carbocycles. The van der Waals surface area contributed by atoms with Gasteiger partial charge in [0.1, 0.15) is 11.3 Å². The Morgan fingerprint density at radius 3 is 2.39 bits per heavy atom. The van der Waals surface area contributed by atoms with E-state index in [9.17, 15) is 23.4 Å². The minimum absolute atomic E-state index is 0.0668. The fourth-order valence-electron chi connectivity index (χ4n) is 3.30. The Bertz CT molecular complexity index is 1230. The third kappa shape index (κ3) is 6.11. The van der Waals surface area contributed by atoms with E-state index in [1.807, 2.05) is 0 Å². The maximum absolute atomic E-state index is 12.9. The number of halogens is 1. The minimum atomic E-state index is -3.89. The summed E-state index contributed by atoms with van der Waals surface area (Å²) in [7, 11) is -2.56. The van der Waals surface area contributed by atoms with Crippen LogP contribution in [0.15, 0.2) is 76.5 Å². The molecule has 3 aromatic rings. The topological polar surface area (TPSA) is 113 Å². The van der Waals surface area contributed by atoms with Gasteiger partial charge in [-0.25, -0.2) is 13.2 Å². The molecule has 0 bridgehead atoms. The van der Waals surface area contributed by atoms with Gasteiger partial charge in [0, 0.05) is 11.6 Å². The zero-order valence-corrected chi connectivity index (χ0v) is 19.4. The lowest BCUT2D eigenvalue weighted by Crippen LogP contribution is -2.23. The molecule has 3 rings (SSSR count). The van der Waals surface area contributed by atoms with Crippen molar-refractivity contribution in [3.63, 3.8) is 0 Å². The molecule has 0 fully saturated rings. The lowest BCUT2D eigenvalue weighted by Gasteiger charge is -2.13. The molecule has 0 heterocycles. The van der Waals surface area contributed by atoms with Gasteiger partial charge in [0.15, 0.2) is 0 Å². The number of methoxy groups -OCH3 is 1. The number of hydrogen-bond acceptors (Lipinski definition) is 6. The van der Waals surface area contributed by atoms with Gasteiger partial charge in [-0.05, 0) is 66.6 Å². The van der Waals surface area contributed by atoms with Gasteiger partial charge in [0.05, 0.1) is 23.0 Å². The summed E-state index contributed by atoms with van der Waals surface area (Å²) in [6.07, 6.45) is -0.0507. The zero-order valence-electron chi connectivity index (χ0n) is 17.9. The molecule has 174 valence electrons. The van der Waals surface area contributed by atoms with E-state index in [0.717, 1.165) is 17.2 Å². The molecule has 33 heavy (non-hydrogen) atoms. The van der Waals surface area contributed by atoms with Gasteiger partial charge < -0.3 is 20.3 Å². The minimum Gasteiger partial charge on any atom is -0.496 e. The zero-order chi connectivity index (χ0) is 24.0. The highest BCUT2D eigenvalue weighted by Crippen LogP contribution is 2.27. The summed E-state index contributed by atoms with van der Waals surface area (Å²) in [4.78, 5) is 11.3. The van der Waals surface area contributed by atoms with Crippen LogP contribution in [0.4, 0.5) is 0 Å². The first-order chi connectivity index (χ1) is 15.7. The smallest absolute Gasteiger partial charge is 0.339 e. The molecule has 3 N–H and O–H groups in total. The number of hydrogen-bond donors (Lipinski definition) is 3. The van der Waals surface area contributed by atoms with E-state index >= 15 is 0 Å². The fourth-order valence-corrected chi connectivity index (χ4v) is 4.78. The number of carbonyl (C=O) groups is 1. The van der Waals surface area contributed by atoms with Gasteiger partial charge in [0.25, 0.3) is 0 Å². The molecule has 0 aliphatic heterocycles. The quantitative estimate of drug-likeness (QED) is 0.372. The van der Waals surface area contributed by atoms with Crippen molar-refractivity contribution >= 4 is 27.4 Å². The molecular formula is C24H24ClNO6S. The van der Waals surface area contributed by atoms with Crippen LogP contribution in [-0.4, -0.2) is 44.8 Å². The maximum Gasteiger partial charge on any atom is 0.339 e. The molecule has 3 aromatic carbocycles. The monoisotopic (exact) mass is 489 g/mol. The van der Waals surface area contributed by atoms with E-state index in [0.29, 0.717) is 24.5 Å². The number of aromatic carboxylic acids is 1. The number of sulfone groups is 1. The summed E-state index contributed by atoms with van der Waals surface area (Å²) in [5.41, 5.74) is 1.43. The Hall–Kier alpha value is -2.91. The van der Waals surface area contributed by atoms with E-state index < -0.39 is 21.9 Å². The second-order valence-corrected chi connectivity index (χ2v) is 9.73. The average Bonchev–Trinajstić information content (AvgIpc) is 2.81. The molecule has 0 amide bonds. The summed E-state index contributed by atoms with van der Waals surface area (Å²) < 4.78 is 30.8. The second kappa shape index (κ2) is 10.8. The van der Waals surface area contributed by atoms with Crippen LogP contribution in [0.5, 0.6) is 5.75 Å². The summed E-state index contributed by atoms with van der Waals surface area (Å²) in [6, 6.07) is 17.2.